The van der Waals surface area contributed by atoms with Gasteiger partial charge in [-0.05, 0) is 24.1 Å². The summed E-state index contributed by atoms with van der Waals surface area (Å²) in [5, 5.41) is 3.36. The van der Waals surface area contributed by atoms with Crippen LogP contribution in [0.1, 0.15) is 25.5 Å². The Bertz CT molecular complexity index is 539. The second-order valence-corrected chi connectivity index (χ2v) is 6.64. The Kier molecular flexibility index (Phi) is 3.64. The Labute approximate surface area is 108 Å². The first-order valence-corrected chi connectivity index (χ1v) is 7.79. The predicted molar refractivity (Wildman–Crippen MR) is 70.6 cm³/mol. The first-order valence-electron chi connectivity index (χ1n) is 6.14. The smallest absolute Gasteiger partial charge is 0.182 e. The number of fused-ring (bicyclic) bond motifs is 1. The van der Waals surface area contributed by atoms with Crippen molar-refractivity contribution in [1.29, 1.82) is 0 Å². The van der Waals surface area contributed by atoms with E-state index in [0.29, 0.717) is 10.6 Å². The van der Waals surface area contributed by atoms with Crippen LogP contribution in [0.2, 0.25) is 0 Å². The van der Waals surface area contributed by atoms with E-state index in [2.05, 4.69) is 5.32 Å². The normalized spacial score (nSPS) is 25.5. The van der Waals surface area contributed by atoms with Crippen molar-refractivity contribution in [3.05, 3.63) is 23.8 Å². The molecule has 4 nitrogen and oxygen atoms in total. The number of nitrogens with one attached hydrogen (secondary N) is 1. The van der Waals surface area contributed by atoms with Crippen molar-refractivity contribution in [2.75, 3.05) is 19.4 Å². The molecule has 0 fully saturated rings. The highest BCUT2D eigenvalue weighted by molar-refractivity contribution is 7.91. The number of hydrogen-bond donors (Lipinski definition) is 1. The first-order chi connectivity index (χ1) is 8.51. The molecule has 18 heavy (non-hydrogen) atoms. The molecule has 1 aliphatic heterocycles. The quantitative estimate of drug-likeness (QED) is 0.908. The van der Waals surface area contributed by atoms with Crippen LogP contribution in [-0.2, 0) is 9.84 Å². The first kappa shape index (κ1) is 13.4. The third-order valence-corrected chi connectivity index (χ3v) is 5.37. The molecule has 0 spiro atoms. The largest absolute Gasteiger partial charge is 0.495 e. The summed E-state index contributed by atoms with van der Waals surface area (Å²) in [6, 6.07) is 5.49. The lowest BCUT2D eigenvalue weighted by molar-refractivity contribution is 0.376. The van der Waals surface area contributed by atoms with Crippen molar-refractivity contribution in [1.82, 2.24) is 5.32 Å². The summed E-state index contributed by atoms with van der Waals surface area (Å²) in [6.45, 7) is 4.80. The lowest BCUT2D eigenvalue weighted by atomic mass is 9.95. The van der Waals surface area contributed by atoms with E-state index in [1.807, 2.05) is 26.0 Å². The summed E-state index contributed by atoms with van der Waals surface area (Å²) >= 11 is 0. The molecule has 1 aromatic rings. The molecule has 0 amide bonds. The number of ether oxygens (including phenoxy) is 1. The van der Waals surface area contributed by atoms with Gasteiger partial charge in [-0.2, -0.15) is 0 Å². The van der Waals surface area contributed by atoms with Crippen LogP contribution < -0.4 is 10.1 Å². The maximum absolute atomic E-state index is 12.3. The monoisotopic (exact) mass is 269 g/mol. The van der Waals surface area contributed by atoms with Gasteiger partial charge in [-0.25, -0.2) is 8.42 Å². The molecule has 1 N–H and O–H groups in total. The zero-order valence-electron chi connectivity index (χ0n) is 10.9. The van der Waals surface area contributed by atoms with Crippen molar-refractivity contribution >= 4 is 9.84 Å². The number of methoxy groups -OCH3 is 1. The highest BCUT2D eigenvalue weighted by Crippen LogP contribution is 2.40. The average molecular weight is 269 g/mol. The van der Waals surface area contributed by atoms with Gasteiger partial charge in [-0.1, -0.05) is 26.0 Å². The Morgan fingerprint density at radius 3 is 2.78 bits per heavy atom. The Morgan fingerprint density at radius 2 is 2.17 bits per heavy atom. The Balaban J connectivity index is 2.64. The van der Waals surface area contributed by atoms with Crippen LogP contribution in [0.5, 0.6) is 5.75 Å². The second-order valence-electron chi connectivity index (χ2n) is 4.67. The highest BCUT2D eigenvalue weighted by atomic mass is 32.2. The third-order valence-electron chi connectivity index (χ3n) is 3.35. The van der Waals surface area contributed by atoms with Crippen molar-refractivity contribution < 1.29 is 13.2 Å². The van der Waals surface area contributed by atoms with Gasteiger partial charge in [-0.3, -0.25) is 0 Å². The zero-order chi connectivity index (χ0) is 13.3. The van der Waals surface area contributed by atoms with E-state index in [1.54, 1.807) is 6.07 Å². The predicted octanol–water partition coefficient (Wildman–Crippen LogP) is 1.77. The van der Waals surface area contributed by atoms with E-state index in [9.17, 15) is 8.42 Å². The molecule has 2 rings (SSSR count). The van der Waals surface area contributed by atoms with Gasteiger partial charge in [0.2, 0.25) is 0 Å². The van der Waals surface area contributed by atoms with Gasteiger partial charge >= 0.3 is 0 Å². The molecule has 0 radical (unpaired) electrons. The fraction of sp³-hybridized carbons (Fsp3) is 0.538. The SMILES string of the molecule is CCNC1c2cccc(OC)c2S(=O)(=O)CC1C. The van der Waals surface area contributed by atoms with Crippen molar-refractivity contribution in [2.24, 2.45) is 5.92 Å². The third kappa shape index (κ3) is 2.12. The molecule has 1 aromatic carbocycles. The molecular weight excluding hydrogens is 250 g/mol. The molecule has 2 atom stereocenters. The summed E-state index contributed by atoms with van der Waals surface area (Å²) in [5.41, 5.74) is 0.829. The van der Waals surface area contributed by atoms with Gasteiger partial charge in [0.05, 0.1) is 12.9 Å². The summed E-state index contributed by atoms with van der Waals surface area (Å²) in [5.74, 6) is 0.676. The van der Waals surface area contributed by atoms with Crippen LogP contribution in [0.25, 0.3) is 0 Å². The number of sulfone groups is 1. The second kappa shape index (κ2) is 4.90. The van der Waals surface area contributed by atoms with E-state index in [0.717, 1.165) is 12.1 Å². The summed E-state index contributed by atoms with van der Waals surface area (Å²) < 4.78 is 29.8. The van der Waals surface area contributed by atoms with E-state index >= 15 is 0 Å². The van der Waals surface area contributed by atoms with Gasteiger partial charge < -0.3 is 10.1 Å². The zero-order valence-corrected chi connectivity index (χ0v) is 11.8. The molecule has 0 saturated heterocycles. The van der Waals surface area contributed by atoms with E-state index < -0.39 is 9.84 Å². The topological polar surface area (TPSA) is 55.4 Å². The molecule has 100 valence electrons. The molecule has 0 aromatic heterocycles. The molecular formula is C13H19NO3S. The molecule has 5 heteroatoms. The van der Waals surface area contributed by atoms with Gasteiger partial charge in [0.1, 0.15) is 10.6 Å². The lowest BCUT2D eigenvalue weighted by Gasteiger charge is -2.32. The fourth-order valence-corrected chi connectivity index (χ4v) is 4.70. The van der Waals surface area contributed by atoms with Crippen LogP contribution in [0.15, 0.2) is 23.1 Å². The van der Waals surface area contributed by atoms with Crippen LogP contribution in [0, 0.1) is 5.92 Å². The van der Waals surface area contributed by atoms with E-state index in [1.165, 1.54) is 7.11 Å². The summed E-state index contributed by atoms with van der Waals surface area (Å²) in [4.78, 5) is 0.358. The summed E-state index contributed by atoms with van der Waals surface area (Å²) in [6.07, 6.45) is 0. The number of hydrogen-bond acceptors (Lipinski definition) is 4. The van der Waals surface area contributed by atoms with Crippen LogP contribution in [0.3, 0.4) is 0 Å². The van der Waals surface area contributed by atoms with Crippen LogP contribution >= 0.6 is 0 Å². The number of benzene rings is 1. The molecule has 0 bridgehead atoms. The van der Waals surface area contributed by atoms with Gasteiger partial charge in [0.25, 0.3) is 0 Å². The van der Waals surface area contributed by atoms with E-state index in [-0.39, 0.29) is 17.7 Å². The molecule has 1 aliphatic rings. The van der Waals surface area contributed by atoms with Gasteiger partial charge in [0.15, 0.2) is 9.84 Å². The van der Waals surface area contributed by atoms with Gasteiger partial charge in [0, 0.05) is 6.04 Å². The average Bonchev–Trinajstić information content (AvgIpc) is 2.33. The maximum atomic E-state index is 12.3. The van der Waals surface area contributed by atoms with Gasteiger partial charge in [-0.15, -0.1) is 0 Å². The molecule has 2 unspecified atom stereocenters. The fourth-order valence-electron chi connectivity index (χ4n) is 2.63. The highest BCUT2D eigenvalue weighted by Gasteiger charge is 2.37. The van der Waals surface area contributed by atoms with Crippen molar-refractivity contribution in [2.45, 2.75) is 24.8 Å². The minimum atomic E-state index is -3.25. The van der Waals surface area contributed by atoms with Crippen LogP contribution in [-0.4, -0.2) is 27.8 Å². The van der Waals surface area contributed by atoms with E-state index in [4.69, 9.17) is 4.74 Å². The summed E-state index contributed by atoms with van der Waals surface area (Å²) in [7, 11) is -1.74. The van der Waals surface area contributed by atoms with Crippen LogP contribution in [0.4, 0.5) is 0 Å². The molecule has 0 aliphatic carbocycles. The minimum absolute atomic E-state index is 0.0644. The lowest BCUT2D eigenvalue weighted by Crippen LogP contribution is -2.36. The standard InChI is InChI=1S/C13H19NO3S/c1-4-14-12-9(2)8-18(15,16)13-10(12)6-5-7-11(13)17-3/h5-7,9,12,14H,4,8H2,1-3H3. The minimum Gasteiger partial charge on any atom is -0.495 e. The maximum Gasteiger partial charge on any atom is 0.182 e. The molecule has 0 saturated carbocycles. The Hall–Kier alpha value is -1.07. The van der Waals surface area contributed by atoms with Crippen molar-refractivity contribution in [3.8, 4) is 5.75 Å². The Morgan fingerprint density at radius 1 is 1.44 bits per heavy atom. The number of rotatable bonds is 3. The van der Waals surface area contributed by atoms with Crippen molar-refractivity contribution in [3.63, 3.8) is 0 Å². The molecule has 1 heterocycles.